The van der Waals surface area contributed by atoms with Crippen molar-refractivity contribution in [1.29, 1.82) is 0 Å². The summed E-state index contributed by atoms with van der Waals surface area (Å²) in [4.78, 5) is 1.96. The molecule has 2 heterocycles. The Morgan fingerprint density at radius 2 is 2.06 bits per heavy atom. The van der Waals surface area contributed by atoms with Gasteiger partial charge < -0.3 is 4.90 Å². The Bertz CT molecular complexity index is 469. The topological polar surface area (TPSA) is 27.6 Å². The van der Waals surface area contributed by atoms with Gasteiger partial charge in [0.05, 0.1) is 0 Å². The van der Waals surface area contributed by atoms with E-state index in [0.717, 1.165) is 0 Å². The molecule has 3 nitrogen and oxygen atoms in total. The van der Waals surface area contributed by atoms with Crippen LogP contribution < -0.4 is 5.43 Å². The zero-order valence-electron chi connectivity index (χ0n) is 8.83. The second-order valence-corrected chi connectivity index (χ2v) is 5.22. The lowest BCUT2D eigenvalue weighted by Gasteiger charge is -2.13. The van der Waals surface area contributed by atoms with Crippen LogP contribution in [0.3, 0.4) is 0 Å². The van der Waals surface area contributed by atoms with Gasteiger partial charge in [0.25, 0.3) is 0 Å². The van der Waals surface area contributed by atoms with Crippen LogP contribution in [-0.4, -0.2) is 23.9 Å². The first kappa shape index (κ1) is 11.0. The maximum Gasteiger partial charge on any atom is 0.130 e. The second kappa shape index (κ2) is 3.94. The molecule has 1 aromatic rings. The van der Waals surface area contributed by atoms with Crippen molar-refractivity contribution in [3.8, 4) is 0 Å². The highest BCUT2D eigenvalue weighted by Crippen LogP contribution is 2.35. The Balaban J connectivity index is 1.93. The molecule has 6 heteroatoms. The van der Waals surface area contributed by atoms with Crippen LogP contribution in [0.1, 0.15) is 17.9 Å². The summed E-state index contributed by atoms with van der Waals surface area (Å²) in [6.45, 7) is 0.594. The third-order valence-corrected chi connectivity index (χ3v) is 3.68. The number of rotatable bonds is 1. The molecule has 0 saturated carbocycles. The molecule has 0 bridgehead atoms. The van der Waals surface area contributed by atoms with Gasteiger partial charge >= 0.3 is 0 Å². The zero-order chi connectivity index (χ0) is 12.0. The number of fused-ring (bicyclic) bond motifs is 1. The minimum Gasteiger partial charge on any atom is -0.339 e. The van der Waals surface area contributed by atoms with Crippen molar-refractivity contribution in [2.24, 2.45) is 5.10 Å². The quantitative estimate of drug-likeness (QED) is 0.862. The molecular weight excluding hydrogens is 292 g/mol. The van der Waals surface area contributed by atoms with Crippen LogP contribution in [0.5, 0.6) is 0 Å². The van der Waals surface area contributed by atoms with Crippen molar-refractivity contribution in [1.82, 2.24) is 10.3 Å². The van der Waals surface area contributed by atoms with Crippen LogP contribution in [0.25, 0.3) is 0 Å². The van der Waals surface area contributed by atoms with Crippen molar-refractivity contribution in [3.05, 3.63) is 33.8 Å². The fourth-order valence-electron chi connectivity index (χ4n) is 2.46. The normalized spacial score (nSPS) is 26.2. The minimum atomic E-state index is -0.486. The van der Waals surface area contributed by atoms with Crippen molar-refractivity contribution in [3.63, 3.8) is 0 Å². The van der Waals surface area contributed by atoms with Crippen LogP contribution in [-0.2, 0) is 0 Å². The average molecular weight is 302 g/mol. The molecule has 1 fully saturated rings. The first-order valence-corrected chi connectivity index (χ1v) is 6.13. The molecule has 2 atom stereocenters. The van der Waals surface area contributed by atoms with Gasteiger partial charge in [-0.1, -0.05) is 15.9 Å². The molecule has 1 aromatic carbocycles. The smallest absolute Gasteiger partial charge is 0.130 e. The maximum atomic E-state index is 13.8. The number of nitrogens with one attached hydrogen (secondary N) is 1. The van der Waals surface area contributed by atoms with Gasteiger partial charge in [0.1, 0.15) is 24.1 Å². The minimum absolute atomic E-state index is 0.0717. The van der Waals surface area contributed by atoms with E-state index in [1.54, 1.807) is 6.34 Å². The van der Waals surface area contributed by atoms with Crippen molar-refractivity contribution < 1.29 is 8.78 Å². The summed E-state index contributed by atoms with van der Waals surface area (Å²) >= 11 is 3.08. The molecule has 0 spiro atoms. The number of nitrogens with zero attached hydrogens (tertiary/aromatic N) is 2. The highest BCUT2D eigenvalue weighted by atomic mass is 79.9. The summed E-state index contributed by atoms with van der Waals surface area (Å²) in [6.07, 6.45) is 2.41. The summed E-state index contributed by atoms with van der Waals surface area (Å²) in [5.74, 6) is -1.10. The van der Waals surface area contributed by atoms with E-state index in [-0.39, 0.29) is 17.6 Å². The van der Waals surface area contributed by atoms with E-state index in [1.165, 1.54) is 12.1 Å². The molecule has 2 aliphatic heterocycles. The number of hydrogen-bond donors (Lipinski definition) is 1. The van der Waals surface area contributed by atoms with E-state index < -0.39 is 11.6 Å². The molecule has 90 valence electrons. The van der Waals surface area contributed by atoms with Gasteiger partial charge in [-0.2, -0.15) is 5.10 Å². The van der Waals surface area contributed by atoms with E-state index in [0.29, 0.717) is 17.4 Å². The van der Waals surface area contributed by atoms with Gasteiger partial charge in [-0.05, 0) is 18.6 Å². The van der Waals surface area contributed by atoms with Gasteiger partial charge in [0.15, 0.2) is 0 Å². The monoisotopic (exact) mass is 301 g/mol. The Kier molecular flexibility index (Phi) is 2.54. The van der Waals surface area contributed by atoms with Crippen LogP contribution in [0.15, 0.2) is 21.7 Å². The lowest BCUT2D eigenvalue weighted by molar-refractivity contribution is 0.382. The third-order valence-electron chi connectivity index (χ3n) is 3.22. The lowest BCUT2D eigenvalue weighted by atomic mass is 9.96. The average Bonchev–Trinajstić information content (AvgIpc) is 2.75. The molecule has 1 saturated heterocycles. The van der Waals surface area contributed by atoms with Crippen molar-refractivity contribution >= 4 is 22.3 Å². The summed E-state index contributed by atoms with van der Waals surface area (Å²) < 4.78 is 28.0. The van der Waals surface area contributed by atoms with Crippen LogP contribution in [0.2, 0.25) is 0 Å². The summed E-state index contributed by atoms with van der Waals surface area (Å²) in [6, 6.07) is 2.62. The first-order chi connectivity index (χ1) is 8.15. The van der Waals surface area contributed by atoms with Crippen molar-refractivity contribution in [2.45, 2.75) is 18.5 Å². The van der Waals surface area contributed by atoms with E-state index in [9.17, 15) is 8.78 Å². The summed E-state index contributed by atoms with van der Waals surface area (Å²) in [5.41, 5.74) is 3.09. The summed E-state index contributed by atoms with van der Waals surface area (Å²) in [5, 5.41) is 3.91. The van der Waals surface area contributed by atoms with E-state index in [4.69, 9.17) is 0 Å². The van der Waals surface area contributed by atoms with Gasteiger partial charge in [0.2, 0.25) is 0 Å². The first-order valence-electron chi connectivity index (χ1n) is 5.34. The Morgan fingerprint density at radius 1 is 1.35 bits per heavy atom. The van der Waals surface area contributed by atoms with Crippen LogP contribution in [0.4, 0.5) is 8.78 Å². The van der Waals surface area contributed by atoms with Gasteiger partial charge in [0, 0.05) is 22.5 Å². The third kappa shape index (κ3) is 1.80. The highest BCUT2D eigenvalue weighted by molar-refractivity contribution is 9.10. The number of benzene rings is 1. The van der Waals surface area contributed by atoms with E-state index >= 15 is 0 Å². The Hall–Kier alpha value is -1.17. The fourth-order valence-corrected chi connectivity index (χ4v) is 2.86. The van der Waals surface area contributed by atoms with E-state index in [1.807, 2.05) is 4.90 Å². The Morgan fingerprint density at radius 3 is 2.71 bits per heavy atom. The predicted molar refractivity (Wildman–Crippen MR) is 63.5 cm³/mol. The fraction of sp³-hybridized carbons (Fsp3) is 0.364. The molecule has 2 aliphatic rings. The number of hydrazone groups is 1. The highest BCUT2D eigenvalue weighted by Gasteiger charge is 2.36. The van der Waals surface area contributed by atoms with Crippen molar-refractivity contribution in [2.75, 3.05) is 6.54 Å². The molecule has 0 aromatic heterocycles. The molecule has 17 heavy (non-hydrogen) atoms. The standard InChI is InChI=1S/C11H10BrF2N3/c12-7-2-8(13)11(9(14)3-7)6-1-10-16-15-5-17(10)4-6/h2-3,5-6,10,16H,1,4H2. The van der Waals surface area contributed by atoms with Crippen LogP contribution >= 0.6 is 15.9 Å². The second-order valence-electron chi connectivity index (χ2n) is 4.30. The van der Waals surface area contributed by atoms with E-state index in [2.05, 4.69) is 26.5 Å². The predicted octanol–water partition coefficient (Wildman–Crippen LogP) is 2.39. The molecule has 3 rings (SSSR count). The maximum absolute atomic E-state index is 13.8. The van der Waals surface area contributed by atoms with Gasteiger partial charge in [-0.15, -0.1) is 0 Å². The largest absolute Gasteiger partial charge is 0.339 e. The molecule has 0 radical (unpaired) electrons. The lowest BCUT2D eigenvalue weighted by Crippen LogP contribution is -2.30. The number of hydrogen-bond acceptors (Lipinski definition) is 3. The number of halogens is 3. The molecule has 0 amide bonds. The molecule has 1 N–H and O–H groups in total. The molecule has 0 aliphatic carbocycles. The Labute approximate surface area is 106 Å². The molecular formula is C11H10BrF2N3. The van der Waals surface area contributed by atoms with Gasteiger partial charge in [-0.3, -0.25) is 5.43 Å². The summed E-state index contributed by atoms with van der Waals surface area (Å²) in [7, 11) is 0. The van der Waals surface area contributed by atoms with Crippen LogP contribution in [0, 0.1) is 11.6 Å². The SMILES string of the molecule is Fc1cc(Br)cc(F)c1C1CC2NN=CN2C1. The van der Waals surface area contributed by atoms with Gasteiger partial charge in [-0.25, -0.2) is 8.78 Å². The zero-order valence-corrected chi connectivity index (χ0v) is 10.4. The molecule has 2 unspecified atom stereocenters.